The van der Waals surface area contributed by atoms with Crippen molar-refractivity contribution in [2.75, 3.05) is 33.3 Å². The number of rotatable bonds is 5. The molecule has 1 saturated heterocycles. The number of carbonyl (C=O) groups is 1. The molecule has 1 aromatic heterocycles. The summed E-state index contributed by atoms with van der Waals surface area (Å²) in [5.41, 5.74) is 2.26. The summed E-state index contributed by atoms with van der Waals surface area (Å²) in [6.45, 7) is 3.72. The molecule has 0 atom stereocenters. The molecular weight excluding hydrogens is 390 g/mol. The van der Waals surface area contributed by atoms with Crippen LogP contribution in [0.1, 0.15) is 16.1 Å². The van der Waals surface area contributed by atoms with Crippen LogP contribution in [0.5, 0.6) is 5.75 Å². The molecule has 7 heteroatoms. The molecule has 0 N–H and O–H groups in total. The van der Waals surface area contributed by atoms with Crippen LogP contribution in [0.4, 0.5) is 0 Å². The lowest BCUT2D eigenvalue weighted by molar-refractivity contribution is 0.0618. The standard InChI is InChI=1S/C22H22ClN3O3/c1-28-20-8-3-2-7-18(20)21-14-19(24-29-21)22(27)26-11-9-25(10-12-26)15-16-5-4-6-17(23)13-16/h2-8,13-14H,9-12,15H2,1H3. The number of hydrogen-bond donors (Lipinski definition) is 0. The fraction of sp³-hybridized carbons (Fsp3) is 0.273. The topological polar surface area (TPSA) is 58.8 Å². The number of halogens is 1. The van der Waals surface area contributed by atoms with Gasteiger partial charge in [-0.1, -0.05) is 41.0 Å². The van der Waals surface area contributed by atoms with E-state index >= 15 is 0 Å². The first-order chi connectivity index (χ1) is 14.1. The Morgan fingerprint density at radius 2 is 1.90 bits per heavy atom. The highest BCUT2D eigenvalue weighted by Crippen LogP contribution is 2.30. The molecule has 0 aliphatic carbocycles. The third-order valence-electron chi connectivity index (χ3n) is 5.06. The predicted molar refractivity (Wildman–Crippen MR) is 111 cm³/mol. The van der Waals surface area contributed by atoms with Gasteiger partial charge in [0.05, 0.1) is 12.7 Å². The van der Waals surface area contributed by atoms with E-state index in [1.54, 1.807) is 13.2 Å². The lowest BCUT2D eigenvalue weighted by atomic mass is 10.1. The van der Waals surface area contributed by atoms with Gasteiger partial charge in [-0.2, -0.15) is 0 Å². The van der Waals surface area contributed by atoms with Gasteiger partial charge in [0.25, 0.3) is 5.91 Å². The van der Waals surface area contributed by atoms with Gasteiger partial charge in [-0.3, -0.25) is 9.69 Å². The maximum Gasteiger partial charge on any atom is 0.276 e. The van der Waals surface area contributed by atoms with Crippen molar-refractivity contribution < 1.29 is 14.1 Å². The number of amides is 1. The number of aromatic nitrogens is 1. The van der Waals surface area contributed by atoms with E-state index in [2.05, 4.69) is 16.1 Å². The van der Waals surface area contributed by atoms with Crippen molar-refractivity contribution in [3.63, 3.8) is 0 Å². The Morgan fingerprint density at radius 3 is 2.66 bits per heavy atom. The van der Waals surface area contributed by atoms with Gasteiger partial charge >= 0.3 is 0 Å². The van der Waals surface area contributed by atoms with E-state index in [0.717, 1.165) is 30.2 Å². The van der Waals surface area contributed by atoms with Crippen molar-refractivity contribution in [3.8, 4) is 17.1 Å². The number of para-hydroxylation sites is 1. The van der Waals surface area contributed by atoms with Gasteiger partial charge in [0.1, 0.15) is 5.75 Å². The summed E-state index contributed by atoms with van der Waals surface area (Å²) in [7, 11) is 1.60. The third-order valence-corrected chi connectivity index (χ3v) is 5.29. The summed E-state index contributed by atoms with van der Waals surface area (Å²) < 4.78 is 10.8. The number of ether oxygens (including phenoxy) is 1. The van der Waals surface area contributed by atoms with Gasteiger partial charge < -0.3 is 14.2 Å². The SMILES string of the molecule is COc1ccccc1-c1cc(C(=O)N2CCN(Cc3cccc(Cl)c3)CC2)no1. The molecule has 1 aliphatic heterocycles. The average Bonchev–Trinajstić information content (AvgIpc) is 3.24. The summed E-state index contributed by atoms with van der Waals surface area (Å²) in [6, 6.07) is 17.1. The van der Waals surface area contributed by atoms with E-state index in [1.807, 2.05) is 47.4 Å². The zero-order valence-corrected chi connectivity index (χ0v) is 16.9. The van der Waals surface area contributed by atoms with E-state index in [-0.39, 0.29) is 5.91 Å². The highest BCUT2D eigenvalue weighted by atomic mass is 35.5. The van der Waals surface area contributed by atoms with Gasteiger partial charge in [0, 0.05) is 43.8 Å². The van der Waals surface area contributed by atoms with Crippen LogP contribution in [-0.2, 0) is 6.54 Å². The second-order valence-electron chi connectivity index (χ2n) is 6.97. The van der Waals surface area contributed by atoms with E-state index in [9.17, 15) is 4.79 Å². The molecule has 0 saturated carbocycles. The van der Waals surface area contributed by atoms with E-state index in [4.69, 9.17) is 20.9 Å². The van der Waals surface area contributed by atoms with Crippen molar-refractivity contribution in [2.24, 2.45) is 0 Å². The number of carbonyl (C=O) groups excluding carboxylic acids is 1. The fourth-order valence-electron chi connectivity index (χ4n) is 3.52. The third kappa shape index (κ3) is 4.44. The molecule has 150 valence electrons. The molecule has 1 amide bonds. The van der Waals surface area contributed by atoms with Crippen LogP contribution in [0.15, 0.2) is 59.1 Å². The van der Waals surface area contributed by atoms with Gasteiger partial charge in [0.2, 0.25) is 0 Å². The molecule has 0 spiro atoms. The Labute approximate surface area is 174 Å². The van der Waals surface area contributed by atoms with Crippen molar-refractivity contribution in [3.05, 3.63) is 70.9 Å². The predicted octanol–water partition coefficient (Wildman–Crippen LogP) is 3.96. The molecule has 29 heavy (non-hydrogen) atoms. The highest BCUT2D eigenvalue weighted by Gasteiger charge is 2.25. The van der Waals surface area contributed by atoms with Crippen LogP contribution < -0.4 is 4.74 Å². The first kappa shape index (κ1) is 19.5. The zero-order valence-electron chi connectivity index (χ0n) is 16.2. The lowest BCUT2D eigenvalue weighted by Crippen LogP contribution is -2.48. The quantitative estimate of drug-likeness (QED) is 0.636. The molecule has 6 nitrogen and oxygen atoms in total. The van der Waals surface area contributed by atoms with Crippen molar-refractivity contribution in [1.29, 1.82) is 0 Å². The van der Waals surface area contributed by atoms with Gasteiger partial charge in [-0.05, 0) is 29.8 Å². The number of methoxy groups -OCH3 is 1. The van der Waals surface area contributed by atoms with Gasteiger partial charge in [-0.25, -0.2) is 0 Å². The Bertz CT molecular complexity index is 996. The van der Waals surface area contributed by atoms with Crippen LogP contribution in [0.2, 0.25) is 5.02 Å². The van der Waals surface area contributed by atoms with Gasteiger partial charge in [0.15, 0.2) is 11.5 Å². The van der Waals surface area contributed by atoms with Crippen molar-refractivity contribution in [1.82, 2.24) is 15.0 Å². The smallest absolute Gasteiger partial charge is 0.276 e. The Balaban J connectivity index is 1.38. The lowest BCUT2D eigenvalue weighted by Gasteiger charge is -2.34. The van der Waals surface area contributed by atoms with Crippen molar-refractivity contribution >= 4 is 17.5 Å². The normalized spacial score (nSPS) is 14.8. The minimum Gasteiger partial charge on any atom is -0.496 e. The van der Waals surface area contributed by atoms with Crippen LogP contribution in [0, 0.1) is 0 Å². The fourth-order valence-corrected chi connectivity index (χ4v) is 3.73. The van der Waals surface area contributed by atoms with E-state index in [0.29, 0.717) is 30.3 Å². The molecular formula is C22H22ClN3O3. The molecule has 3 aromatic rings. The Morgan fingerprint density at radius 1 is 1.10 bits per heavy atom. The van der Waals surface area contributed by atoms with Crippen LogP contribution in [0.3, 0.4) is 0 Å². The number of piperazine rings is 1. The number of benzene rings is 2. The summed E-state index contributed by atoms with van der Waals surface area (Å²) in [6.07, 6.45) is 0. The van der Waals surface area contributed by atoms with Crippen LogP contribution >= 0.6 is 11.6 Å². The van der Waals surface area contributed by atoms with Crippen LogP contribution in [-0.4, -0.2) is 54.2 Å². The molecule has 2 aromatic carbocycles. The Hall–Kier alpha value is -2.83. The largest absolute Gasteiger partial charge is 0.496 e. The van der Waals surface area contributed by atoms with E-state index < -0.39 is 0 Å². The molecule has 1 aliphatic rings. The monoisotopic (exact) mass is 411 g/mol. The molecule has 2 heterocycles. The summed E-state index contributed by atoms with van der Waals surface area (Å²) in [5, 5.41) is 4.73. The summed E-state index contributed by atoms with van der Waals surface area (Å²) >= 11 is 6.07. The summed E-state index contributed by atoms with van der Waals surface area (Å²) in [4.78, 5) is 17.0. The zero-order chi connectivity index (χ0) is 20.2. The first-order valence-corrected chi connectivity index (χ1v) is 9.88. The molecule has 4 rings (SSSR count). The average molecular weight is 412 g/mol. The van der Waals surface area contributed by atoms with E-state index in [1.165, 1.54) is 5.56 Å². The number of hydrogen-bond acceptors (Lipinski definition) is 5. The van der Waals surface area contributed by atoms with Crippen LogP contribution in [0.25, 0.3) is 11.3 Å². The maximum atomic E-state index is 12.8. The molecule has 0 bridgehead atoms. The van der Waals surface area contributed by atoms with Gasteiger partial charge in [-0.15, -0.1) is 0 Å². The Kier molecular flexibility index (Phi) is 5.83. The first-order valence-electron chi connectivity index (χ1n) is 9.50. The minimum atomic E-state index is -0.114. The summed E-state index contributed by atoms with van der Waals surface area (Å²) in [5.74, 6) is 1.08. The maximum absolute atomic E-state index is 12.8. The minimum absolute atomic E-state index is 0.114. The number of nitrogens with zero attached hydrogens (tertiary/aromatic N) is 3. The van der Waals surface area contributed by atoms with Crippen molar-refractivity contribution in [2.45, 2.75) is 6.54 Å². The molecule has 0 unspecified atom stereocenters. The molecule has 0 radical (unpaired) electrons. The molecule has 1 fully saturated rings. The second kappa shape index (κ2) is 8.68. The second-order valence-corrected chi connectivity index (χ2v) is 7.41. The highest BCUT2D eigenvalue weighted by molar-refractivity contribution is 6.30.